The second-order valence-electron chi connectivity index (χ2n) is 5.32. The van der Waals surface area contributed by atoms with E-state index in [1.54, 1.807) is 30.3 Å². The van der Waals surface area contributed by atoms with E-state index in [0.717, 1.165) is 0 Å². The second kappa shape index (κ2) is 11.0. The van der Waals surface area contributed by atoms with Crippen molar-refractivity contribution in [2.75, 3.05) is 13.2 Å². The van der Waals surface area contributed by atoms with Gasteiger partial charge >= 0.3 is 11.9 Å². The summed E-state index contributed by atoms with van der Waals surface area (Å²) in [6, 6.07) is 8.24. The van der Waals surface area contributed by atoms with Crippen molar-refractivity contribution in [2.24, 2.45) is 0 Å². The molecule has 0 aromatic heterocycles. The van der Waals surface area contributed by atoms with E-state index in [1.165, 1.54) is 0 Å². The van der Waals surface area contributed by atoms with Crippen molar-refractivity contribution in [3.63, 3.8) is 0 Å². The third-order valence-electron chi connectivity index (χ3n) is 3.34. The molecule has 0 N–H and O–H groups in total. The van der Waals surface area contributed by atoms with Crippen LogP contribution in [-0.2, 0) is 9.47 Å². The smallest absolute Gasteiger partial charge is 0.345 e. The van der Waals surface area contributed by atoms with Gasteiger partial charge < -0.3 is 9.47 Å². The van der Waals surface area contributed by atoms with Crippen LogP contribution in [0, 0.1) is 64.6 Å². The Hall–Kier alpha value is -4.29. The zero-order valence-electron chi connectivity index (χ0n) is 15.3. The van der Waals surface area contributed by atoms with Crippen LogP contribution in [-0.4, -0.2) is 25.2 Å². The SMILES string of the molecule is O=C(OCC#CC#CC#CCOC(=O)c1c(F)c(F)c(F)c(F)c1F)c1ccccc1. The Kier molecular flexibility index (Phi) is 8.19. The molecule has 0 atom stereocenters. The number of hydrogen-bond donors (Lipinski definition) is 0. The molecule has 0 saturated heterocycles. The summed E-state index contributed by atoms with van der Waals surface area (Å²) in [6.07, 6.45) is 0. The Morgan fingerprint density at radius 3 is 1.61 bits per heavy atom. The maximum Gasteiger partial charge on any atom is 0.345 e. The molecule has 2 aromatic rings. The van der Waals surface area contributed by atoms with Gasteiger partial charge in [-0.3, -0.25) is 0 Å². The molecule has 0 unspecified atom stereocenters. The lowest BCUT2D eigenvalue weighted by Gasteiger charge is -2.06. The first-order valence-electron chi connectivity index (χ1n) is 8.21. The fraction of sp³-hybridized carbons (Fsp3) is 0.0909. The summed E-state index contributed by atoms with van der Waals surface area (Å²) in [7, 11) is 0. The van der Waals surface area contributed by atoms with Crippen LogP contribution in [0.1, 0.15) is 20.7 Å². The highest BCUT2D eigenvalue weighted by molar-refractivity contribution is 5.90. The zero-order chi connectivity index (χ0) is 22.8. The number of halogens is 5. The molecular formula is C22H9F5O4. The standard InChI is InChI=1S/C22H9F5O4/c23-16-15(17(24)19(26)20(27)18(16)25)22(29)31-13-9-4-2-1-3-8-12-30-21(28)14-10-6-5-7-11-14/h5-7,10-11H,12-13H2. The molecule has 31 heavy (non-hydrogen) atoms. The van der Waals surface area contributed by atoms with Gasteiger partial charge in [-0.2, -0.15) is 0 Å². The van der Waals surface area contributed by atoms with E-state index in [2.05, 4.69) is 40.3 Å². The molecule has 0 heterocycles. The van der Waals surface area contributed by atoms with E-state index >= 15 is 0 Å². The number of carbonyl (C=O) groups is 2. The van der Waals surface area contributed by atoms with Gasteiger partial charge in [-0.25, -0.2) is 31.5 Å². The van der Waals surface area contributed by atoms with E-state index < -0.39 is 53.2 Å². The lowest BCUT2D eigenvalue weighted by Crippen LogP contribution is -2.15. The van der Waals surface area contributed by atoms with E-state index in [-0.39, 0.29) is 6.61 Å². The Balaban J connectivity index is 1.83. The van der Waals surface area contributed by atoms with Gasteiger partial charge in [0.05, 0.1) is 5.56 Å². The number of rotatable bonds is 4. The predicted molar refractivity (Wildman–Crippen MR) is 96.6 cm³/mol. The van der Waals surface area contributed by atoms with Crippen LogP contribution in [0.4, 0.5) is 22.0 Å². The second-order valence-corrected chi connectivity index (χ2v) is 5.32. The highest BCUT2D eigenvalue weighted by atomic mass is 19.2. The largest absolute Gasteiger partial charge is 0.449 e. The van der Waals surface area contributed by atoms with Crippen LogP contribution in [0.3, 0.4) is 0 Å². The lowest BCUT2D eigenvalue weighted by atomic mass is 10.1. The maximum atomic E-state index is 13.5. The molecule has 156 valence electrons. The van der Waals surface area contributed by atoms with Gasteiger partial charge in [0.25, 0.3) is 0 Å². The molecule has 2 aromatic carbocycles. The zero-order valence-corrected chi connectivity index (χ0v) is 15.3. The van der Waals surface area contributed by atoms with E-state index in [9.17, 15) is 31.5 Å². The lowest BCUT2D eigenvalue weighted by molar-refractivity contribution is 0.0537. The van der Waals surface area contributed by atoms with E-state index in [4.69, 9.17) is 4.74 Å². The van der Waals surface area contributed by atoms with Crippen molar-refractivity contribution in [3.05, 3.63) is 70.5 Å². The molecule has 0 aliphatic heterocycles. The summed E-state index contributed by atoms with van der Waals surface area (Å²) in [5, 5.41) is 0. The minimum atomic E-state index is -2.39. The molecule has 0 amide bonds. The van der Waals surface area contributed by atoms with Crippen molar-refractivity contribution >= 4 is 11.9 Å². The van der Waals surface area contributed by atoms with Gasteiger partial charge in [0.15, 0.2) is 36.5 Å². The van der Waals surface area contributed by atoms with Gasteiger partial charge in [-0.1, -0.05) is 18.2 Å². The van der Waals surface area contributed by atoms with Crippen molar-refractivity contribution in [1.82, 2.24) is 0 Å². The fourth-order valence-corrected chi connectivity index (χ4v) is 1.94. The molecule has 0 aliphatic rings. The quantitative estimate of drug-likeness (QED) is 0.244. The molecule has 0 bridgehead atoms. The minimum absolute atomic E-state index is 0.213. The molecule has 0 fully saturated rings. The van der Waals surface area contributed by atoms with Gasteiger partial charge in [-0.15, -0.1) is 0 Å². The Labute approximate surface area is 173 Å². The van der Waals surface area contributed by atoms with Crippen LogP contribution >= 0.6 is 0 Å². The van der Waals surface area contributed by atoms with E-state index in [0.29, 0.717) is 5.56 Å². The summed E-state index contributed by atoms with van der Waals surface area (Å²) >= 11 is 0. The molecule has 4 nitrogen and oxygen atoms in total. The molecule has 9 heteroatoms. The van der Waals surface area contributed by atoms with Crippen molar-refractivity contribution in [2.45, 2.75) is 0 Å². The third kappa shape index (κ3) is 6.09. The van der Waals surface area contributed by atoms with Crippen molar-refractivity contribution in [3.8, 4) is 35.5 Å². The number of benzene rings is 2. The van der Waals surface area contributed by atoms with Crippen LogP contribution in [0.5, 0.6) is 0 Å². The molecule has 0 saturated carbocycles. The highest BCUT2D eigenvalue weighted by Crippen LogP contribution is 2.23. The van der Waals surface area contributed by atoms with Crippen LogP contribution in [0.2, 0.25) is 0 Å². The van der Waals surface area contributed by atoms with Gasteiger partial charge in [0.2, 0.25) is 5.82 Å². The normalized spacial score (nSPS) is 9.19. The van der Waals surface area contributed by atoms with Crippen molar-refractivity contribution in [1.29, 1.82) is 0 Å². The fourth-order valence-electron chi connectivity index (χ4n) is 1.94. The number of carbonyl (C=O) groups excluding carboxylic acids is 2. The summed E-state index contributed by atoms with van der Waals surface area (Å²) in [4.78, 5) is 23.1. The van der Waals surface area contributed by atoms with Crippen LogP contribution in [0.25, 0.3) is 0 Å². The average molecular weight is 432 g/mol. The molecular weight excluding hydrogens is 423 g/mol. The van der Waals surface area contributed by atoms with Gasteiger partial charge in [0, 0.05) is 0 Å². The third-order valence-corrected chi connectivity index (χ3v) is 3.34. The van der Waals surface area contributed by atoms with E-state index in [1.807, 2.05) is 0 Å². The Morgan fingerprint density at radius 1 is 0.645 bits per heavy atom. The Bertz CT molecular complexity index is 1160. The summed E-state index contributed by atoms with van der Waals surface area (Å²) in [6.45, 7) is -0.940. The number of hydrogen-bond acceptors (Lipinski definition) is 4. The topological polar surface area (TPSA) is 52.6 Å². The van der Waals surface area contributed by atoms with Crippen molar-refractivity contribution < 1.29 is 41.0 Å². The van der Waals surface area contributed by atoms with Gasteiger partial charge in [0.1, 0.15) is 5.56 Å². The first-order chi connectivity index (χ1) is 14.8. The summed E-state index contributed by atoms with van der Waals surface area (Å²) < 4.78 is 75.2. The predicted octanol–water partition coefficient (Wildman–Crippen LogP) is 3.41. The van der Waals surface area contributed by atoms with Crippen LogP contribution in [0.15, 0.2) is 30.3 Å². The monoisotopic (exact) mass is 432 g/mol. The Morgan fingerprint density at radius 2 is 1.10 bits per heavy atom. The first-order valence-corrected chi connectivity index (χ1v) is 8.21. The molecule has 0 spiro atoms. The number of esters is 2. The molecule has 0 aliphatic carbocycles. The highest BCUT2D eigenvalue weighted by Gasteiger charge is 2.30. The van der Waals surface area contributed by atoms with Crippen LogP contribution < -0.4 is 0 Å². The molecule has 0 radical (unpaired) electrons. The average Bonchev–Trinajstić information content (AvgIpc) is 2.78. The summed E-state index contributed by atoms with van der Waals surface area (Å²) in [5.74, 6) is -0.241. The first kappa shape index (κ1) is 23.0. The number of ether oxygens (including phenoxy) is 2. The maximum absolute atomic E-state index is 13.5. The molecule has 2 rings (SSSR count). The minimum Gasteiger partial charge on any atom is -0.449 e. The van der Waals surface area contributed by atoms with Gasteiger partial charge in [-0.05, 0) is 47.7 Å². The summed E-state index contributed by atoms with van der Waals surface area (Å²) in [5.41, 5.74) is -1.36.